The Bertz CT molecular complexity index is 601. The van der Waals surface area contributed by atoms with Crippen molar-refractivity contribution in [2.75, 3.05) is 29.7 Å². The molecule has 0 atom stereocenters. The van der Waals surface area contributed by atoms with Gasteiger partial charge in [-0.2, -0.15) is 0 Å². The summed E-state index contributed by atoms with van der Waals surface area (Å²) in [6, 6.07) is 6.73. The Kier molecular flexibility index (Phi) is 5.19. The summed E-state index contributed by atoms with van der Waals surface area (Å²) < 4.78 is 25.2. The van der Waals surface area contributed by atoms with Gasteiger partial charge in [0.1, 0.15) is 0 Å². The molecule has 1 fully saturated rings. The molecule has 1 aromatic rings. The predicted molar refractivity (Wildman–Crippen MR) is 82.8 cm³/mol. The van der Waals surface area contributed by atoms with Crippen LogP contribution in [0.2, 0.25) is 0 Å². The highest BCUT2D eigenvalue weighted by Crippen LogP contribution is 2.24. The van der Waals surface area contributed by atoms with Crippen molar-refractivity contribution in [3.05, 3.63) is 29.8 Å². The average molecular weight is 311 g/mol. The van der Waals surface area contributed by atoms with Crippen LogP contribution in [0, 0.1) is 0 Å². The van der Waals surface area contributed by atoms with E-state index in [9.17, 15) is 13.2 Å². The third-order valence-corrected chi connectivity index (χ3v) is 5.28. The lowest BCUT2D eigenvalue weighted by molar-refractivity contribution is 0.0953. The summed E-state index contributed by atoms with van der Waals surface area (Å²) >= 11 is 0. The monoisotopic (exact) mass is 311 g/mol. The van der Waals surface area contributed by atoms with E-state index in [4.69, 9.17) is 5.73 Å². The first-order chi connectivity index (χ1) is 10.0. The Labute approximate surface area is 125 Å². The number of anilines is 1. The summed E-state index contributed by atoms with van der Waals surface area (Å²) in [7, 11) is -3.22. The molecule has 1 aliphatic heterocycles. The van der Waals surface area contributed by atoms with Gasteiger partial charge in [0.25, 0.3) is 5.91 Å². The number of benzene rings is 1. The van der Waals surface area contributed by atoms with Gasteiger partial charge >= 0.3 is 0 Å². The van der Waals surface area contributed by atoms with E-state index in [-0.39, 0.29) is 11.7 Å². The summed E-state index contributed by atoms with van der Waals surface area (Å²) in [5.74, 6) is -0.0202. The number of hydrogen-bond acceptors (Lipinski definition) is 4. The lowest BCUT2D eigenvalue weighted by Crippen LogP contribution is -2.27. The number of nitrogens with two attached hydrogens (primary N) is 1. The maximum atomic E-state index is 12.0. The summed E-state index contributed by atoms with van der Waals surface area (Å²) in [6.45, 7) is 1.66. The summed E-state index contributed by atoms with van der Waals surface area (Å²) in [5.41, 5.74) is 6.43. The van der Waals surface area contributed by atoms with Crippen LogP contribution in [-0.2, 0) is 10.0 Å². The zero-order valence-electron chi connectivity index (χ0n) is 11.9. The minimum Gasteiger partial charge on any atom is -0.352 e. The normalized spacial score (nSPS) is 16.9. The van der Waals surface area contributed by atoms with E-state index in [0.29, 0.717) is 37.3 Å². The third kappa shape index (κ3) is 3.95. The first kappa shape index (κ1) is 15.8. The molecule has 1 saturated heterocycles. The number of unbranched alkanes of at least 4 members (excludes halogenated alkanes) is 1. The van der Waals surface area contributed by atoms with Gasteiger partial charge in [0.05, 0.1) is 11.4 Å². The first-order valence-corrected chi connectivity index (χ1v) is 8.74. The minimum absolute atomic E-state index is 0.169. The second kappa shape index (κ2) is 6.91. The summed E-state index contributed by atoms with van der Waals surface area (Å²) in [6.07, 6.45) is 2.33. The highest BCUT2D eigenvalue weighted by Gasteiger charge is 2.28. The van der Waals surface area contributed by atoms with Gasteiger partial charge in [-0.05, 0) is 44.0 Å². The quantitative estimate of drug-likeness (QED) is 0.756. The zero-order valence-corrected chi connectivity index (χ0v) is 12.7. The second-order valence-corrected chi connectivity index (χ2v) is 7.06. The fraction of sp³-hybridized carbons (Fsp3) is 0.500. The van der Waals surface area contributed by atoms with Crippen LogP contribution in [0.3, 0.4) is 0 Å². The molecule has 2 rings (SSSR count). The molecular formula is C14H21N3O3S. The van der Waals surface area contributed by atoms with E-state index in [2.05, 4.69) is 5.32 Å². The molecule has 21 heavy (non-hydrogen) atoms. The Morgan fingerprint density at radius 2 is 2.14 bits per heavy atom. The van der Waals surface area contributed by atoms with Gasteiger partial charge in [-0.1, -0.05) is 6.07 Å². The van der Waals surface area contributed by atoms with Crippen LogP contribution in [0.25, 0.3) is 0 Å². The third-order valence-electron chi connectivity index (χ3n) is 3.41. The number of nitrogens with one attached hydrogen (secondary N) is 1. The number of hydrogen-bond donors (Lipinski definition) is 2. The maximum absolute atomic E-state index is 12.0. The van der Waals surface area contributed by atoms with Crippen LogP contribution in [0.15, 0.2) is 24.3 Å². The molecule has 0 aliphatic carbocycles. The molecular weight excluding hydrogens is 290 g/mol. The molecule has 116 valence electrons. The standard InChI is InChI=1S/C14H21N3O3S/c15-7-1-2-8-16-14(18)12-5-3-6-13(11-12)17-9-4-10-21(17,19)20/h3,5-6,11H,1-2,4,7-10,15H2,(H,16,18). The van der Waals surface area contributed by atoms with E-state index in [1.165, 1.54) is 4.31 Å². The Morgan fingerprint density at radius 1 is 1.33 bits per heavy atom. The molecule has 0 spiro atoms. The van der Waals surface area contributed by atoms with Crippen molar-refractivity contribution >= 4 is 21.6 Å². The lowest BCUT2D eigenvalue weighted by atomic mass is 10.2. The molecule has 0 unspecified atom stereocenters. The topological polar surface area (TPSA) is 92.5 Å². The Balaban J connectivity index is 2.06. The second-order valence-electron chi connectivity index (χ2n) is 5.04. The van der Waals surface area contributed by atoms with Gasteiger partial charge in [0.15, 0.2) is 0 Å². The van der Waals surface area contributed by atoms with E-state index >= 15 is 0 Å². The van der Waals surface area contributed by atoms with E-state index < -0.39 is 10.0 Å². The van der Waals surface area contributed by atoms with Crippen LogP contribution in [0.4, 0.5) is 5.69 Å². The highest BCUT2D eigenvalue weighted by molar-refractivity contribution is 7.93. The van der Waals surface area contributed by atoms with Gasteiger partial charge < -0.3 is 11.1 Å². The molecule has 1 aliphatic rings. The van der Waals surface area contributed by atoms with Crippen LogP contribution < -0.4 is 15.4 Å². The SMILES string of the molecule is NCCCCNC(=O)c1cccc(N2CCCS2(=O)=O)c1. The van der Waals surface area contributed by atoms with E-state index in [1.807, 2.05) is 0 Å². The van der Waals surface area contributed by atoms with Crippen LogP contribution in [0.5, 0.6) is 0 Å². The Hall–Kier alpha value is -1.60. The molecule has 7 heteroatoms. The van der Waals surface area contributed by atoms with Gasteiger partial charge in [-0.3, -0.25) is 9.10 Å². The Morgan fingerprint density at radius 3 is 2.81 bits per heavy atom. The molecule has 0 aromatic heterocycles. The van der Waals surface area contributed by atoms with Crippen molar-refractivity contribution in [1.29, 1.82) is 0 Å². The maximum Gasteiger partial charge on any atom is 0.251 e. The molecule has 0 saturated carbocycles. The molecule has 0 bridgehead atoms. The van der Waals surface area contributed by atoms with E-state index in [0.717, 1.165) is 12.8 Å². The number of amides is 1. The van der Waals surface area contributed by atoms with Crippen molar-refractivity contribution in [3.63, 3.8) is 0 Å². The molecule has 3 N–H and O–H groups in total. The summed E-state index contributed by atoms with van der Waals surface area (Å²) in [4.78, 5) is 12.0. The highest BCUT2D eigenvalue weighted by atomic mass is 32.2. The first-order valence-electron chi connectivity index (χ1n) is 7.13. The fourth-order valence-electron chi connectivity index (χ4n) is 2.31. The molecule has 1 amide bonds. The molecule has 1 aromatic carbocycles. The van der Waals surface area contributed by atoms with Crippen molar-refractivity contribution < 1.29 is 13.2 Å². The summed E-state index contributed by atoms with van der Waals surface area (Å²) in [5, 5.41) is 2.81. The average Bonchev–Trinajstić information content (AvgIpc) is 2.83. The molecule has 1 heterocycles. The number of nitrogens with zero attached hydrogens (tertiary/aromatic N) is 1. The number of sulfonamides is 1. The number of carbonyl (C=O) groups is 1. The van der Waals surface area contributed by atoms with E-state index in [1.54, 1.807) is 24.3 Å². The fourth-order valence-corrected chi connectivity index (χ4v) is 3.86. The van der Waals surface area contributed by atoms with Crippen molar-refractivity contribution in [2.24, 2.45) is 5.73 Å². The van der Waals surface area contributed by atoms with Gasteiger partial charge in [0, 0.05) is 18.7 Å². The zero-order chi connectivity index (χ0) is 15.3. The van der Waals surface area contributed by atoms with Crippen molar-refractivity contribution in [1.82, 2.24) is 5.32 Å². The van der Waals surface area contributed by atoms with Gasteiger partial charge in [-0.25, -0.2) is 8.42 Å². The van der Waals surface area contributed by atoms with Crippen LogP contribution in [-0.4, -0.2) is 39.7 Å². The smallest absolute Gasteiger partial charge is 0.251 e. The molecule has 6 nitrogen and oxygen atoms in total. The number of carbonyl (C=O) groups excluding carboxylic acids is 1. The minimum atomic E-state index is -3.22. The van der Waals surface area contributed by atoms with Crippen LogP contribution >= 0.6 is 0 Å². The van der Waals surface area contributed by atoms with Crippen molar-refractivity contribution in [2.45, 2.75) is 19.3 Å². The molecule has 0 radical (unpaired) electrons. The van der Waals surface area contributed by atoms with Gasteiger partial charge in [-0.15, -0.1) is 0 Å². The van der Waals surface area contributed by atoms with Gasteiger partial charge in [0.2, 0.25) is 10.0 Å². The van der Waals surface area contributed by atoms with Crippen molar-refractivity contribution in [3.8, 4) is 0 Å². The predicted octanol–water partition coefficient (Wildman–Crippen LogP) is 0.695. The number of rotatable bonds is 6. The van der Waals surface area contributed by atoms with Crippen LogP contribution in [0.1, 0.15) is 29.6 Å². The lowest BCUT2D eigenvalue weighted by Gasteiger charge is -2.17. The largest absolute Gasteiger partial charge is 0.352 e.